The molecule has 24 heavy (non-hydrogen) atoms. The summed E-state index contributed by atoms with van der Waals surface area (Å²) in [5.41, 5.74) is -1.87. The third-order valence-corrected chi connectivity index (χ3v) is 7.82. The maximum absolute atomic E-state index is 13.1. The highest BCUT2D eigenvalue weighted by molar-refractivity contribution is 5.87. The van der Waals surface area contributed by atoms with Crippen molar-refractivity contribution >= 4 is 5.78 Å². The molecule has 4 heteroatoms. The van der Waals surface area contributed by atoms with E-state index in [0.29, 0.717) is 0 Å². The van der Waals surface area contributed by atoms with Crippen LogP contribution in [-0.2, 0) is 9.53 Å². The first-order valence-corrected chi connectivity index (χ1v) is 9.22. The van der Waals surface area contributed by atoms with E-state index in [2.05, 4.69) is 27.4 Å². The Bertz CT molecular complexity index is 560. The van der Waals surface area contributed by atoms with Crippen molar-refractivity contribution in [1.82, 2.24) is 0 Å². The van der Waals surface area contributed by atoms with Crippen LogP contribution in [0.2, 0.25) is 0 Å². The van der Waals surface area contributed by atoms with E-state index in [1.807, 2.05) is 13.0 Å². The van der Waals surface area contributed by atoms with Gasteiger partial charge in [-0.1, -0.05) is 19.9 Å². The second kappa shape index (κ2) is 5.39. The van der Waals surface area contributed by atoms with Crippen molar-refractivity contribution in [2.75, 3.05) is 6.61 Å². The van der Waals surface area contributed by atoms with Crippen LogP contribution in [0.5, 0.6) is 0 Å². The molecule has 3 aliphatic rings. The van der Waals surface area contributed by atoms with Crippen LogP contribution < -0.4 is 0 Å². The number of rotatable bonds is 2. The number of aliphatic hydroxyl groups excluding tert-OH is 2. The lowest BCUT2D eigenvalue weighted by Crippen LogP contribution is -2.68. The van der Waals surface area contributed by atoms with E-state index >= 15 is 0 Å². The maximum Gasteiger partial charge on any atom is 0.142 e. The molecule has 136 valence electrons. The molecule has 0 aromatic rings. The Morgan fingerprint density at radius 2 is 1.83 bits per heavy atom. The van der Waals surface area contributed by atoms with Gasteiger partial charge in [0.25, 0.3) is 0 Å². The predicted molar refractivity (Wildman–Crippen MR) is 92.5 cm³/mol. The molecular weight excluding hydrogens is 304 g/mol. The van der Waals surface area contributed by atoms with Crippen molar-refractivity contribution in [2.45, 2.75) is 77.1 Å². The second-order valence-electron chi connectivity index (χ2n) is 9.20. The van der Waals surface area contributed by atoms with E-state index in [1.165, 1.54) is 0 Å². The third kappa shape index (κ3) is 2.19. The first kappa shape index (κ1) is 18.1. The summed E-state index contributed by atoms with van der Waals surface area (Å²) >= 11 is 0. The van der Waals surface area contributed by atoms with Gasteiger partial charge in [-0.15, -0.1) is 6.58 Å². The van der Waals surface area contributed by atoms with Gasteiger partial charge in [-0.2, -0.15) is 0 Å². The Labute approximate surface area is 145 Å². The molecule has 2 aliphatic carbocycles. The average Bonchev–Trinajstić information content (AvgIpc) is 2.52. The van der Waals surface area contributed by atoms with Crippen molar-refractivity contribution in [1.29, 1.82) is 0 Å². The summed E-state index contributed by atoms with van der Waals surface area (Å²) in [6, 6.07) is 0. The van der Waals surface area contributed by atoms with Gasteiger partial charge in [0.15, 0.2) is 0 Å². The van der Waals surface area contributed by atoms with Crippen molar-refractivity contribution in [3.63, 3.8) is 0 Å². The number of hydrogen-bond donors (Lipinski definition) is 2. The highest BCUT2D eigenvalue weighted by Crippen LogP contribution is 2.64. The molecule has 0 aromatic heterocycles. The second-order valence-corrected chi connectivity index (χ2v) is 9.20. The minimum atomic E-state index is -0.764. The molecule has 0 spiro atoms. The van der Waals surface area contributed by atoms with E-state index in [-0.39, 0.29) is 41.8 Å². The Kier molecular flexibility index (Phi) is 4.06. The normalized spacial score (nSPS) is 54.8. The van der Waals surface area contributed by atoms with E-state index in [9.17, 15) is 15.0 Å². The number of carbonyl (C=O) groups is 1. The number of hydrogen-bond acceptors (Lipinski definition) is 4. The molecule has 2 N–H and O–H groups in total. The molecule has 1 aliphatic heterocycles. The summed E-state index contributed by atoms with van der Waals surface area (Å²) in [4.78, 5) is 13.1. The molecule has 1 heterocycles. The zero-order chi connectivity index (χ0) is 18.0. The third-order valence-electron chi connectivity index (χ3n) is 7.82. The van der Waals surface area contributed by atoms with Crippen LogP contribution >= 0.6 is 0 Å². The van der Waals surface area contributed by atoms with E-state index in [1.54, 1.807) is 0 Å². The Hall–Kier alpha value is -0.710. The molecule has 0 amide bonds. The quantitative estimate of drug-likeness (QED) is 0.761. The van der Waals surface area contributed by atoms with Gasteiger partial charge in [0.05, 0.1) is 23.9 Å². The van der Waals surface area contributed by atoms with Crippen LogP contribution in [0.15, 0.2) is 12.7 Å². The minimum Gasteiger partial charge on any atom is -0.396 e. The SMILES string of the molecule is C=C[C@@]1(C)CC[C@@H]2[C@@]3(C)C(=O)C[C@H](O)[C@@](C)(CO)[C@@H]3CC[C@@]2(C)O1. The lowest BCUT2D eigenvalue weighted by atomic mass is 9.43. The number of ketones is 1. The van der Waals surface area contributed by atoms with Crippen LogP contribution in [0.4, 0.5) is 0 Å². The van der Waals surface area contributed by atoms with E-state index in [4.69, 9.17) is 4.74 Å². The lowest BCUT2D eigenvalue weighted by Gasteiger charge is -2.65. The van der Waals surface area contributed by atoms with Crippen LogP contribution in [0.1, 0.15) is 59.8 Å². The van der Waals surface area contributed by atoms with Gasteiger partial charge >= 0.3 is 0 Å². The topological polar surface area (TPSA) is 66.8 Å². The number of ether oxygens (including phenoxy) is 1. The van der Waals surface area contributed by atoms with Crippen LogP contribution in [0.3, 0.4) is 0 Å². The number of carbonyl (C=O) groups excluding carboxylic acids is 1. The zero-order valence-corrected chi connectivity index (χ0v) is 15.5. The van der Waals surface area contributed by atoms with E-state index < -0.39 is 16.9 Å². The monoisotopic (exact) mass is 336 g/mol. The summed E-state index contributed by atoms with van der Waals surface area (Å²) in [7, 11) is 0. The van der Waals surface area contributed by atoms with Gasteiger partial charge in [-0.25, -0.2) is 0 Å². The lowest BCUT2D eigenvalue weighted by molar-refractivity contribution is -0.257. The summed E-state index contributed by atoms with van der Waals surface area (Å²) in [6.07, 6.45) is 4.65. The Balaban J connectivity index is 2.04. The Morgan fingerprint density at radius 1 is 1.21 bits per heavy atom. The standard InChI is InChI=1S/C20H32O4/c1-6-17(2)9-7-14-19(4,24-17)10-8-13-18(3,12-21)15(22)11-16(23)20(13,14)5/h6,13-15,21-22H,1,7-12H2,2-5H3/t13-,14-,15-,17-,18-,19+,20-/m0/s1. The summed E-state index contributed by atoms with van der Waals surface area (Å²) in [5, 5.41) is 20.5. The largest absolute Gasteiger partial charge is 0.396 e. The van der Waals surface area contributed by atoms with E-state index in [0.717, 1.165) is 25.7 Å². The molecular formula is C20H32O4. The molecule has 7 atom stereocenters. The number of aliphatic hydroxyl groups is 2. The first-order valence-electron chi connectivity index (χ1n) is 9.22. The first-order chi connectivity index (χ1) is 11.1. The average molecular weight is 336 g/mol. The van der Waals surface area contributed by atoms with Crippen LogP contribution in [0.25, 0.3) is 0 Å². The maximum atomic E-state index is 13.1. The predicted octanol–water partition coefficient (Wildman–Crippen LogP) is 2.87. The van der Waals surface area contributed by atoms with Crippen molar-refractivity contribution in [3.8, 4) is 0 Å². The van der Waals surface area contributed by atoms with Gasteiger partial charge in [-0.3, -0.25) is 4.79 Å². The molecule has 4 nitrogen and oxygen atoms in total. The zero-order valence-electron chi connectivity index (χ0n) is 15.5. The van der Waals surface area contributed by atoms with Crippen molar-refractivity contribution in [2.24, 2.45) is 22.7 Å². The highest BCUT2D eigenvalue weighted by atomic mass is 16.5. The van der Waals surface area contributed by atoms with Crippen LogP contribution in [-0.4, -0.2) is 39.9 Å². The fourth-order valence-corrected chi connectivity index (χ4v) is 6.15. The fourth-order valence-electron chi connectivity index (χ4n) is 6.15. The van der Waals surface area contributed by atoms with Gasteiger partial charge in [-0.05, 0) is 45.4 Å². The van der Waals surface area contributed by atoms with Crippen molar-refractivity contribution < 1.29 is 19.7 Å². The van der Waals surface area contributed by atoms with Gasteiger partial charge < -0.3 is 14.9 Å². The highest BCUT2D eigenvalue weighted by Gasteiger charge is 2.67. The van der Waals surface area contributed by atoms with Crippen molar-refractivity contribution in [3.05, 3.63) is 12.7 Å². The molecule has 1 saturated heterocycles. The molecule has 0 radical (unpaired) electrons. The molecule has 2 saturated carbocycles. The summed E-state index contributed by atoms with van der Waals surface area (Å²) in [5.74, 6) is 0.233. The molecule has 3 fully saturated rings. The van der Waals surface area contributed by atoms with Gasteiger partial charge in [0, 0.05) is 23.2 Å². The number of Topliss-reactive ketones (excluding diaryl/α,β-unsaturated/α-hetero) is 1. The summed E-state index contributed by atoms with van der Waals surface area (Å²) < 4.78 is 6.51. The molecule has 3 rings (SSSR count). The Morgan fingerprint density at radius 3 is 2.42 bits per heavy atom. The van der Waals surface area contributed by atoms with Gasteiger partial charge in [0.2, 0.25) is 0 Å². The number of fused-ring (bicyclic) bond motifs is 3. The smallest absolute Gasteiger partial charge is 0.142 e. The van der Waals surface area contributed by atoms with Crippen LogP contribution in [0, 0.1) is 22.7 Å². The minimum absolute atomic E-state index is 0.0130. The van der Waals surface area contributed by atoms with Gasteiger partial charge in [0.1, 0.15) is 5.78 Å². The molecule has 0 aromatic carbocycles. The molecule has 0 unspecified atom stereocenters. The summed E-state index contributed by atoms with van der Waals surface area (Å²) in [6.45, 7) is 12.0. The molecule has 0 bridgehead atoms. The fraction of sp³-hybridized carbons (Fsp3) is 0.850.